The molecule has 3 aromatic carbocycles. The number of nitrogen functional groups attached to an aromatic ring is 1. The van der Waals surface area contributed by atoms with Crippen LogP contribution in [0.5, 0.6) is 5.75 Å². The summed E-state index contributed by atoms with van der Waals surface area (Å²) >= 11 is 19.7. The van der Waals surface area contributed by atoms with Crippen molar-refractivity contribution < 1.29 is 17.7 Å². The van der Waals surface area contributed by atoms with Crippen LogP contribution in [0.2, 0.25) is 0 Å². The molecule has 8 N–H and O–H groups in total. The van der Waals surface area contributed by atoms with Gasteiger partial charge in [0.2, 0.25) is 11.6 Å². The Kier molecular flexibility index (Phi) is 10.7. The first-order valence-corrected chi connectivity index (χ1v) is 13.9. The molecule has 0 spiro atoms. The van der Waals surface area contributed by atoms with Gasteiger partial charge < -0.3 is 26.8 Å². The first-order valence-electron chi connectivity index (χ1n) is 10.9. The SMILES string of the molecule is N/C(Cl)=N\C(Cl)=NC=Nc1cc(S)cc2c1OC(Nc1cc(S)ccc1S(=O)(=O)O)N2.N=C(N)c1ccccc1. The number of rotatable bonds is 6. The largest absolute Gasteiger partial charge is 0.448 e. The molecular weight excluding hydrogens is 619 g/mol. The van der Waals surface area contributed by atoms with Crippen LogP contribution in [0.1, 0.15) is 5.56 Å². The third-order valence-corrected chi connectivity index (χ3v) is 6.46. The fourth-order valence-corrected chi connectivity index (χ4v) is 4.50. The monoisotopic (exact) mass is 640 g/mol. The lowest BCUT2D eigenvalue weighted by Crippen LogP contribution is -2.30. The maximum atomic E-state index is 11.6. The van der Waals surface area contributed by atoms with Gasteiger partial charge in [-0.3, -0.25) is 9.96 Å². The van der Waals surface area contributed by atoms with E-state index < -0.39 is 16.5 Å². The number of benzene rings is 3. The Morgan fingerprint density at radius 3 is 2.40 bits per heavy atom. The van der Waals surface area contributed by atoms with Crippen LogP contribution in [0.3, 0.4) is 0 Å². The molecule has 1 atom stereocenters. The van der Waals surface area contributed by atoms with Gasteiger partial charge in [-0.15, -0.1) is 25.3 Å². The maximum Gasteiger partial charge on any atom is 0.296 e. The van der Waals surface area contributed by atoms with E-state index in [1.807, 2.05) is 30.3 Å². The number of anilines is 2. The van der Waals surface area contributed by atoms with Crippen molar-refractivity contribution in [2.24, 2.45) is 26.4 Å². The van der Waals surface area contributed by atoms with Crippen LogP contribution in [-0.2, 0) is 10.1 Å². The van der Waals surface area contributed by atoms with Crippen LogP contribution in [0.15, 0.2) is 90.3 Å². The first-order chi connectivity index (χ1) is 18.8. The van der Waals surface area contributed by atoms with Crippen LogP contribution >= 0.6 is 48.5 Å². The van der Waals surface area contributed by atoms with Crippen molar-refractivity contribution in [3.05, 3.63) is 66.2 Å². The van der Waals surface area contributed by atoms with Gasteiger partial charge in [-0.25, -0.2) is 9.98 Å². The molecule has 4 rings (SSSR count). The molecule has 3 aromatic rings. The number of nitrogens with zero attached hydrogens (tertiary/aromatic N) is 3. The van der Waals surface area contributed by atoms with Gasteiger partial charge in [0, 0.05) is 15.4 Å². The molecule has 0 saturated heterocycles. The Labute approximate surface area is 250 Å². The molecule has 17 heteroatoms. The van der Waals surface area contributed by atoms with Crippen molar-refractivity contribution in [3.8, 4) is 5.75 Å². The molecule has 1 aliphatic rings. The van der Waals surface area contributed by atoms with Crippen molar-refractivity contribution in [1.29, 1.82) is 5.41 Å². The topological polar surface area (TPSA) is 201 Å². The van der Waals surface area contributed by atoms with Crippen LogP contribution in [0.4, 0.5) is 17.1 Å². The minimum atomic E-state index is -4.47. The summed E-state index contributed by atoms with van der Waals surface area (Å²) < 4.78 is 38.6. The standard InChI is InChI=1S/C16H14Cl2N6O4S3.C7H8N2/c17-14(19)24-15(18)21-6-20-10-4-8(30)5-11-13(10)28-16(23-11)22-9-3-7(29)1-2-12(9)31(25,26)27;8-7(9)6-4-2-1-3-5-6/h1-6,16,22-23,29-30H,(H,25,26,27)(H2,19,20,21,24);1-5H,(H3,8,9). The van der Waals surface area contributed by atoms with Gasteiger partial charge >= 0.3 is 0 Å². The Hall–Kier alpha value is -3.47. The summed E-state index contributed by atoms with van der Waals surface area (Å²) in [6.45, 7) is 0. The minimum absolute atomic E-state index is 0.0874. The first kappa shape index (κ1) is 31.1. The Morgan fingerprint density at radius 2 is 1.80 bits per heavy atom. The molecule has 0 aromatic heterocycles. The molecule has 0 aliphatic carbocycles. The van der Waals surface area contributed by atoms with Crippen LogP contribution in [-0.4, -0.2) is 42.1 Å². The number of hydrogen-bond acceptors (Lipinski definition) is 9. The van der Waals surface area contributed by atoms with Crippen molar-refractivity contribution in [2.75, 3.05) is 10.6 Å². The number of amidine groups is 3. The second-order valence-corrected chi connectivity index (χ2v) is 10.8. The molecule has 0 fully saturated rings. The average Bonchev–Trinajstić information content (AvgIpc) is 3.26. The van der Waals surface area contributed by atoms with Gasteiger partial charge in [-0.05, 0) is 53.5 Å². The number of fused-ring (bicyclic) bond motifs is 1. The molecular formula is C23H22Cl2N8O4S3. The van der Waals surface area contributed by atoms with Gasteiger partial charge in [0.15, 0.2) is 11.0 Å². The predicted molar refractivity (Wildman–Crippen MR) is 165 cm³/mol. The highest BCUT2D eigenvalue weighted by Crippen LogP contribution is 2.43. The van der Waals surface area contributed by atoms with Crippen LogP contribution < -0.4 is 26.8 Å². The van der Waals surface area contributed by atoms with E-state index in [0.29, 0.717) is 26.9 Å². The fourth-order valence-electron chi connectivity index (χ4n) is 3.15. The van der Waals surface area contributed by atoms with Crippen molar-refractivity contribution in [2.45, 2.75) is 21.0 Å². The quantitative estimate of drug-likeness (QED) is 0.0633. The maximum absolute atomic E-state index is 11.6. The minimum Gasteiger partial charge on any atom is -0.448 e. The highest BCUT2D eigenvalue weighted by atomic mass is 35.5. The third-order valence-electron chi connectivity index (χ3n) is 4.75. The van der Waals surface area contributed by atoms with E-state index >= 15 is 0 Å². The van der Waals surface area contributed by atoms with E-state index in [4.69, 9.17) is 44.8 Å². The summed E-state index contributed by atoms with van der Waals surface area (Å²) in [5, 5.41) is 12.4. The lowest BCUT2D eigenvalue weighted by Gasteiger charge is -2.17. The highest BCUT2D eigenvalue weighted by Gasteiger charge is 2.27. The van der Waals surface area contributed by atoms with Gasteiger partial charge in [0.25, 0.3) is 10.1 Å². The van der Waals surface area contributed by atoms with Crippen molar-refractivity contribution in [1.82, 2.24) is 0 Å². The fraction of sp³-hybridized carbons (Fsp3) is 0.0435. The second-order valence-electron chi connectivity index (χ2n) is 7.64. The number of nitrogens with two attached hydrogens (primary N) is 2. The molecule has 1 heterocycles. The summed E-state index contributed by atoms with van der Waals surface area (Å²) in [5.74, 6) is 0.462. The second kappa shape index (κ2) is 13.7. The predicted octanol–water partition coefficient (Wildman–Crippen LogP) is 4.49. The summed E-state index contributed by atoms with van der Waals surface area (Å²) in [7, 11) is -4.47. The number of nitrogens with one attached hydrogen (secondary N) is 3. The number of ether oxygens (including phenoxy) is 1. The molecule has 40 heavy (non-hydrogen) atoms. The smallest absolute Gasteiger partial charge is 0.296 e. The molecule has 0 bridgehead atoms. The molecule has 210 valence electrons. The number of aliphatic imine (C=N–C) groups is 3. The molecule has 0 amide bonds. The van der Waals surface area contributed by atoms with E-state index in [9.17, 15) is 13.0 Å². The molecule has 0 radical (unpaired) electrons. The lowest BCUT2D eigenvalue weighted by molar-refractivity contribution is 0.283. The molecule has 1 aliphatic heterocycles. The lowest BCUT2D eigenvalue weighted by atomic mass is 10.2. The Morgan fingerprint density at radius 1 is 1.10 bits per heavy atom. The van der Waals surface area contributed by atoms with Crippen LogP contribution in [0, 0.1) is 5.41 Å². The zero-order valence-corrected chi connectivity index (χ0v) is 24.3. The average molecular weight is 642 g/mol. The summed E-state index contributed by atoms with van der Waals surface area (Å²) in [5.41, 5.74) is 12.1. The van der Waals surface area contributed by atoms with E-state index in [1.165, 1.54) is 18.2 Å². The van der Waals surface area contributed by atoms with Crippen molar-refractivity contribution >= 4 is 98.4 Å². The third kappa shape index (κ3) is 9.04. The van der Waals surface area contributed by atoms with Crippen molar-refractivity contribution in [3.63, 3.8) is 0 Å². The number of hydrogen-bond donors (Lipinski definition) is 8. The molecule has 1 unspecified atom stereocenters. The molecule has 0 saturated carbocycles. The molecule has 12 nitrogen and oxygen atoms in total. The number of halogens is 2. The Bertz CT molecular complexity index is 1600. The zero-order valence-electron chi connectivity index (χ0n) is 20.2. The summed E-state index contributed by atoms with van der Waals surface area (Å²) in [6.07, 6.45) is 0.238. The van der Waals surface area contributed by atoms with Gasteiger partial charge in [-0.1, -0.05) is 30.3 Å². The van der Waals surface area contributed by atoms with E-state index in [2.05, 4.69) is 50.9 Å². The van der Waals surface area contributed by atoms with E-state index in [1.54, 1.807) is 12.1 Å². The Balaban J connectivity index is 0.000000415. The zero-order chi connectivity index (χ0) is 29.4. The number of thiol groups is 2. The van der Waals surface area contributed by atoms with Gasteiger partial charge in [-0.2, -0.15) is 13.4 Å². The van der Waals surface area contributed by atoms with E-state index in [0.717, 1.165) is 11.9 Å². The van der Waals surface area contributed by atoms with Crippen LogP contribution in [0.25, 0.3) is 0 Å². The summed E-state index contributed by atoms with van der Waals surface area (Å²) in [6, 6.07) is 16.6. The van der Waals surface area contributed by atoms with Gasteiger partial charge in [0.1, 0.15) is 22.8 Å². The normalized spacial score (nSPS) is 15.0. The van der Waals surface area contributed by atoms with E-state index in [-0.39, 0.29) is 27.0 Å². The summed E-state index contributed by atoms with van der Waals surface area (Å²) in [4.78, 5) is 12.2. The van der Waals surface area contributed by atoms with Gasteiger partial charge in [0.05, 0.1) is 11.4 Å². The highest BCUT2D eigenvalue weighted by molar-refractivity contribution is 7.86.